The molecular formula is C11H22N2. The van der Waals surface area contributed by atoms with E-state index in [1.165, 1.54) is 19.3 Å². The van der Waals surface area contributed by atoms with Gasteiger partial charge in [0.15, 0.2) is 0 Å². The molecule has 0 amide bonds. The van der Waals surface area contributed by atoms with Gasteiger partial charge in [0.1, 0.15) is 0 Å². The van der Waals surface area contributed by atoms with Crippen LogP contribution in [0.5, 0.6) is 0 Å². The second kappa shape index (κ2) is 5.40. The third-order valence-electron chi connectivity index (χ3n) is 2.52. The lowest BCUT2D eigenvalue weighted by Gasteiger charge is -2.23. The first-order valence-corrected chi connectivity index (χ1v) is 5.33. The summed E-state index contributed by atoms with van der Waals surface area (Å²) in [5, 5.41) is 3.61. The van der Waals surface area contributed by atoms with Crippen molar-refractivity contribution in [1.82, 2.24) is 5.32 Å². The van der Waals surface area contributed by atoms with Crippen molar-refractivity contribution in [3.63, 3.8) is 0 Å². The van der Waals surface area contributed by atoms with Crippen LogP contribution in [0.1, 0.15) is 33.1 Å². The Morgan fingerprint density at radius 2 is 2.00 bits per heavy atom. The Kier molecular flexibility index (Phi) is 4.46. The molecule has 0 saturated carbocycles. The van der Waals surface area contributed by atoms with Gasteiger partial charge in [0.2, 0.25) is 0 Å². The molecule has 0 heterocycles. The van der Waals surface area contributed by atoms with E-state index in [1.807, 2.05) is 0 Å². The molecule has 0 bridgehead atoms. The SMILES string of the molecule is CC(C)CC(CN)NC1CC=CC1. The lowest BCUT2D eigenvalue weighted by Crippen LogP contribution is -2.42. The normalized spacial score (nSPS) is 20.0. The van der Waals surface area contributed by atoms with Crippen molar-refractivity contribution in [2.45, 2.75) is 45.2 Å². The minimum atomic E-state index is 0.505. The average molecular weight is 182 g/mol. The van der Waals surface area contributed by atoms with Crippen LogP contribution in [0.15, 0.2) is 12.2 Å². The molecule has 76 valence electrons. The van der Waals surface area contributed by atoms with Crippen LogP contribution in [0.3, 0.4) is 0 Å². The monoisotopic (exact) mass is 182 g/mol. The van der Waals surface area contributed by atoms with Crippen LogP contribution in [0.25, 0.3) is 0 Å². The van der Waals surface area contributed by atoms with Gasteiger partial charge in [-0.3, -0.25) is 0 Å². The van der Waals surface area contributed by atoms with Crippen molar-refractivity contribution in [3.8, 4) is 0 Å². The van der Waals surface area contributed by atoms with Crippen molar-refractivity contribution in [2.75, 3.05) is 6.54 Å². The van der Waals surface area contributed by atoms with Crippen LogP contribution in [0.2, 0.25) is 0 Å². The second-order valence-corrected chi connectivity index (χ2v) is 4.37. The fourth-order valence-electron chi connectivity index (χ4n) is 1.89. The van der Waals surface area contributed by atoms with Crippen molar-refractivity contribution >= 4 is 0 Å². The van der Waals surface area contributed by atoms with E-state index in [9.17, 15) is 0 Å². The van der Waals surface area contributed by atoms with Crippen LogP contribution >= 0.6 is 0 Å². The van der Waals surface area contributed by atoms with Gasteiger partial charge in [0, 0.05) is 18.6 Å². The summed E-state index contributed by atoms with van der Waals surface area (Å²) < 4.78 is 0. The molecule has 1 atom stereocenters. The van der Waals surface area contributed by atoms with Crippen LogP contribution in [0.4, 0.5) is 0 Å². The molecule has 0 fully saturated rings. The third-order valence-corrected chi connectivity index (χ3v) is 2.52. The predicted molar refractivity (Wildman–Crippen MR) is 57.6 cm³/mol. The van der Waals surface area contributed by atoms with Gasteiger partial charge >= 0.3 is 0 Å². The van der Waals surface area contributed by atoms with E-state index in [0.29, 0.717) is 12.1 Å². The molecule has 0 spiro atoms. The average Bonchev–Trinajstić information content (AvgIpc) is 2.55. The molecule has 13 heavy (non-hydrogen) atoms. The van der Waals surface area contributed by atoms with Gasteiger partial charge in [0.25, 0.3) is 0 Å². The van der Waals surface area contributed by atoms with E-state index < -0.39 is 0 Å². The summed E-state index contributed by atoms with van der Waals surface area (Å²) in [6.45, 7) is 5.25. The lowest BCUT2D eigenvalue weighted by molar-refractivity contribution is 0.381. The molecule has 2 heteroatoms. The van der Waals surface area contributed by atoms with Crippen molar-refractivity contribution in [2.24, 2.45) is 11.7 Å². The molecule has 2 nitrogen and oxygen atoms in total. The number of nitrogens with two attached hydrogens (primary N) is 1. The zero-order chi connectivity index (χ0) is 9.68. The first kappa shape index (κ1) is 10.7. The first-order chi connectivity index (χ1) is 6.22. The summed E-state index contributed by atoms with van der Waals surface area (Å²) in [6, 6.07) is 1.15. The van der Waals surface area contributed by atoms with Gasteiger partial charge in [-0.15, -0.1) is 0 Å². The zero-order valence-electron chi connectivity index (χ0n) is 8.79. The lowest BCUT2D eigenvalue weighted by atomic mass is 10.0. The highest BCUT2D eigenvalue weighted by atomic mass is 15.0. The molecule has 0 aromatic heterocycles. The number of rotatable bonds is 5. The highest BCUT2D eigenvalue weighted by Gasteiger charge is 2.15. The smallest absolute Gasteiger partial charge is 0.0195 e. The largest absolute Gasteiger partial charge is 0.329 e. The first-order valence-electron chi connectivity index (χ1n) is 5.33. The molecule has 0 aliphatic heterocycles. The number of hydrogen-bond donors (Lipinski definition) is 2. The van der Waals surface area contributed by atoms with Gasteiger partial charge in [-0.25, -0.2) is 0 Å². The number of hydrogen-bond acceptors (Lipinski definition) is 2. The minimum absolute atomic E-state index is 0.505. The Morgan fingerprint density at radius 1 is 1.38 bits per heavy atom. The zero-order valence-corrected chi connectivity index (χ0v) is 8.79. The molecule has 0 aromatic carbocycles. The summed E-state index contributed by atoms with van der Waals surface area (Å²) in [5.41, 5.74) is 5.72. The quantitative estimate of drug-likeness (QED) is 0.635. The predicted octanol–water partition coefficient (Wildman–Crippen LogP) is 1.67. The molecule has 1 aliphatic rings. The van der Waals surface area contributed by atoms with Crippen LogP contribution in [0, 0.1) is 5.92 Å². The molecule has 3 N–H and O–H groups in total. The Balaban J connectivity index is 2.22. The Morgan fingerprint density at radius 3 is 2.46 bits per heavy atom. The topological polar surface area (TPSA) is 38.0 Å². The van der Waals surface area contributed by atoms with E-state index in [-0.39, 0.29) is 0 Å². The maximum Gasteiger partial charge on any atom is 0.0195 e. The molecule has 1 unspecified atom stereocenters. The fraction of sp³-hybridized carbons (Fsp3) is 0.818. The van der Waals surface area contributed by atoms with E-state index >= 15 is 0 Å². The molecule has 0 saturated heterocycles. The molecule has 1 rings (SSSR count). The third kappa shape index (κ3) is 3.92. The van der Waals surface area contributed by atoms with Crippen molar-refractivity contribution < 1.29 is 0 Å². The minimum Gasteiger partial charge on any atom is -0.329 e. The molecule has 1 aliphatic carbocycles. The van der Waals surface area contributed by atoms with E-state index in [2.05, 4.69) is 31.3 Å². The molecule has 0 radical (unpaired) electrons. The standard InChI is InChI=1S/C11H22N2/c1-9(2)7-11(8-12)13-10-5-3-4-6-10/h3-4,9-11,13H,5-8,12H2,1-2H3. The van der Waals surface area contributed by atoms with E-state index in [4.69, 9.17) is 5.73 Å². The van der Waals surface area contributed by atoms with Gasteiger partial charge in [-0.2, -0.15) is 0 Å². The highest BCUT2D eigenvalue weighted by Crippen LogP contribution is 2.12. The van der Waals surface area contributed by atoms with Crippen molar-refractivity contribution in [3.05, 3.63) is 12.2 Å². The van der Waals surface area contributed by atoms with Gasteiger partial charge in [0.05, 0.1) is 0 Å². The summed E-state index contributed by atoms with van der Waals surface area (Å²) >= 11 is 0. The van der Waals surface area contributed by atoms with Gasteiger partial charge in [-0.05, 0) is 25.2 Å². The summed E-state index contributed by atoms with van der Waals surface area (Å²) in [4.78, 5) is 0. The van der Waals surface area contributed by atoms with Gasteiger partial charge < -0.3 is 11.1 Å². The highest BCUT2D eigenvalue weighted by molar-refractivity contribution is 4.98. The van der Waals surface area contributed by atoms with Crippen LogP contribution in [-0.2, 0) is 0 Å². The summed E-state index contributed by atoms with van der Waals surface area (Å²) in [6.07, 6.45) is 8.04. The second-order valence-electron chi connectivity index (χ2n) is 4.37. The van der Waals surface area contributed by atoms with E-state index in [1.54, 1.807) is 0 Å². The fourth-order valence-corrected chi connectivity index (χ4v) is 1.89. The van der Waals surface area contributed by atoms with Crippen LogP contribution in [-0.4, -0.2) is 18.6 Å². The maximum absolute atomic E-state index is 5.72. The van der Waals surface area contributed by atoms with Crippen molar-refractivity contribution in [1.29, 1.82) is 0 Å². The van der Waals surface area contributed by atoms with Crippen LogP contribution < -0.4 is 11.1 Å². The van der Waals surface area contributed by atoms with Gasteiger partial charge in [-0.1, -0.05) is 26.0 Å². The maximum atomic E-state index is 5.72. The summed E-state index contributed by atoms with van der Waals surface area (Å²) in [7, 11) is 0. The molecule has 0 aromatic rings. The Bertz CT molecular complexity index is 155. The Labute approximate surface area is 81.6 Å². The number of nitrogens with one attached hydrogen (secondary N) is 1. The summed E-state index contributed by atoms with van der Waals surface area (Å²) in [5.74, 6) is 0.732. The van der Waals surface area contributed by atoms with E-state index in [0.717, 1.165) is 12.5 Å². The Hall–Kier alpha value is -0.340. The molecular weight excluding hydrogens is 160 g/mol.